The van der Waals surface area contributed by atoms with Crippen LogP contribution in [-0.4, -0.2) is 0 Å². The Morgan fingerprint density at radius 1 is 1.06 bits per heavy atom. The molecule has 8 heteroatoms. The van der Waals surface area contributed by atoms with Gasteiger partial charge < -0.3 is 6.42 Å². The predicted octanol–water partition coefficient (Wildman–Crippen LogP) is 5.92. The summed E-state index contributed by atoms with van der Waals surface area (Å²) in [5.41, 5.74) is 0. The van der Waals surface area contributed by atoms with Crippen molar-refractivity contribution in [1.29, 1.82) is 0 Å². The first kappa shape index (κ1) is 21.3. The third-order valence-electron chi connectivity index (χ3n) is 0.586. The first-order chi connectivity index (χ1) is 6.36. The van der Waals surface area contributed by atoms with Gasteiger partial charge in [-0.2, -0.15) is 19.9 Å². The van der Waals surface area contributed by atoms with Gasteiger partial charge in [0.15, 0.2) is 0 Å². The molecule has 1 radical (unpaired) electrons. The normalized spacial score (nSPS) is 16.8. The molecule has 0 spiro atoms. The molecule has 0 N–H and O–H groups in total. The molecule has 0 fully saturated rings. The Bertz CT molecular complexity index is 205. The second-order valence-corrected chi connectivity index (χ2v) is 4.46. The van der Waals surface area contributed by atoms with Crippen LogP contribution in [0.15, 0.2) is 18.2 Å². The molecule has 1 rings (SSSR count). The van der Waals surface area contributed by atoms with E-state index in [9.17, 15) is 25.2 Å². The fourth-order valence-electron chi connectivity index (χ4n) is 0.340. The molecule has 0 heterocycles. The second-order valence-electron chi connectivity index (χ2n) is 2.54. The van der Waals surface area contributed by atoms with Gasteiger partial charge in [-0.15, -0.1) is 6.42 Å². The molecule has 0 saturated carbocycles. The molecule has 0 aromatic heterocycles. The maximum absolute atomic E-state index is 10.7. The largest absolute Gasteiger partial charge is 3.00 e. The van der Waals surface area contributed by atoms with Crippen LogP contribution in [0, 0.1) is 12.5 Å². The van der Waals surface area contributed by atoms with E-state index in [1.54, 1.807) is 0 Å². The van der Waals surface area contributed by atoms with Crippen LogP contribution in [0.25, 0.3) is 0 Å². The van der Waals surface area contributed by atoms with Crippen molar-refractivity contribution in [3.8, 4) is 0 Å². The minimum Gasteiger partial charge on any atom is -0.273 e. The predicted molar refractivity (Wildman–Crippen MR) is 50.8 cm³/mol. The molecule has 1 aliphatic rings. The van der Waals surface area contributed by atoms with Crippen LogP contribution in [0.3, 0.4) is 0 Å². The van der Waals surface area contributed by atoms with Gasteiger partial charge in [0.05, 0.1) is 0 Å². The van der Waals surface area contributed by atoms with Gasteiger partial charge in [0.1, 0.15) is 0 Å². The third kappa shape index (κ3) is 94.5. The molecular formula is C8H12F6FeP. The van der Waals surface area contributed by atoms with Crippen LogP contribution >= 0.6 is 7.81 Å². The molecule has 1 aliphatic carbocycles. The molecule has 16 heavy (non-hydrogen) atoms. The van der Waals surface area contributed by atoms with Crippen molar-refractivity contribution in [2.24, 2.45) is 0 Å². The summed E-state index contributed by atoms with van der Waals surface area (Å²) in [5, 5.41) is 0. The van der Waals surface area contributed by atoms with Crippen molar-refractivity contribution in [3.63, 3.8) is 0 Å². The first-order valence-corrected chi connectivity index (χ1v) is 5.91. The molecule has 0 saturated heterocycles. The van der Waals surface area contributed by atoms with Crippen molar-refractivity contribution in [1.82, 2.24) is 0 Å². The number of rotatable bonds is 0. The standard InChI is InChI=1S/C5H5.C3H7.F6P.Fe/c1-2-4-5-3-1;1-3-2;1-7(2,3,4,5)6;/h1-3H,4H2;3H,1-2H3;;/q3*-1;+3. The van der Waals surface area contributed by atoms with E-state index in [0.29, 0.717) is 0 Å². The summed E-state index contributed by atoms with van der Waals surface area (Å²) >= 11 is 0. The van der Waals surface area contributed by atoms with Crippen LogP contribution in [-0.2, 0) is 17.1 Å². The quantitative estimate of drug-likeness (QED) is 0.226. The number of hydrogen-bond acceptors (Lipinski definition) is 0. The van der Waals surface area contributed by atoms with Gasteiger partial charge in [0.2, 0.25) is 0 Å². The maximum atomic E-state index is 9.87. The van der Waals surface area contributed by atoms with Gasteiger partial charge in [-0.25, -0.2) is 12.2 Å². The van der Waals surface area contributed by atoms with Crippen LogP contribution in [0.5, 0.6) is 0 Å². The number of hydrogen-bond donors (Lipinski definition) is 0. The van der Waals surface area contributed by atoms with Crippen molar-refractivity contribution in [2.75, 3.05) is 0 Å². The van der Waals surface area contributed by atoms with Gasteiger partial charge in [-0.3, -0.25) is 6.08 Å². The van der Waals surface area contributed by atoms with E-state index in [0.717, 1.165) is 6.42 Å². The fourth-order valence-corrected chi connectivity index (χ4v) is 0.340. The van der Waals surface area contributed by atoms with Crippen LogP contribution in [0.4, 0.5) is 25.2 Å². The Morgan fingerprint density at radius 3 is 1.44 bits per heavy atom. The van der Waals surface area contributed by atoms with Crippen molar-refractivity contribution in [3.05, 3.63) is 30.7 Å². The smallest absolute Gasteiger partial charge is 0.273 e. The zero-order chi connectivity index (χ0) is 12.7. The minimum absolute atomic E-state index is 0. The monoisotopic (exact) mass is 309 g/mol. The van der Waals surface area contributed by atoms with Gasteiger partial charge >= 0.3 is 50.1 Å². The van der Waals surface area contributed by atoms with E-state index < -0.39 is 7.81 Å². The van der Waals surface area contributed by atoms with Gasteiger partial charge in [0.25, 0.3) is 0 Å². The van der Waals surface area contributed by atoms with Gasteiger partial charge in [0, 0.05) is 0 Å². The molecule has 0 nitrogen and oxygen atoms in total. The molecule has 0 atom stereocenters. The van der Waals surface area contributed by atoms with Crippen molar-refractivity contribution < 1.29 is 42.3 Å². The first-order valence-electron chi connectivity index (χ1n) is 3.89. The number of allylic oxidation sites excluding steroid dienone is 4. The van der Waals surface area contributed by atoms with Gasteiger partial charge in [-0.05, 0) is 0 Å². The van der Waals surface area contributed by atoms with Crippen molar-refractivity contribution in [2.45, 2.75) is 20.3 Å². The van der Waals surface area contributed by atoms with E-state index in [2.05, 4.69) is 12.2 Å². The van der Waals surface area contributed by atoms with Crippen molar-refractivity contribution >= 4 is 7.81 Å². The van der Waals surface area contributed by atoms with E-state index in [-0.39, 0.29) is 17.1 Å². The summed E-state index contributed by atoms with van der Waals surface area (Å²) in [6.07, 6.45) is 12.0. The number of halogens is 6. The average molecular weight is 309 g/mol. The Kier molecular flexibility index (Phi) is 8.89. The van der Waals surface area contributed by atoms with E-state index in [1.165, 1.54) is 0 Å². The van der Waals surface area contributed by atoms with E-state index >= 15 is 0 Å². The fraction of sp³-hybridized carbons (Fsp3) is 0.375. The Hall–Kier alpha value is 0.00948. The van der Waals surface area contributed by atoms with Crippen LogP contribution < -0.4 is 0 Å². The van der Waals surface area contributed by atoms with E-state index in [4.69, 9.17) is 0 Å². The maximum Gasteiger partial charge on any atom is 3.00 e. The summed E-state index contributed by atoms with van der Waals surface area (Å²) in [4.78, 5) is 0. The third-order valence-corrected chi connectivity index (χ3v) is 0.586. The zero-order valence-electron chi connectivity index (χ0n) is 8.59. The SMILES string of the molecule is C[CH-]C.F[P-](F)(F)(F)(F)F.[C-]1=CC=CC1.[Fe+3]. The van der Waals surface area contributed by atoms with Crippen LogP contribution in [0.2, 0.25) is 0 Å². The molecular weight excluding hydrogens is 297 g/mol. The average Bonchev–Trinajstić information content (AvgIpc) is 2.32. The Labute approximate surface area is 101 Å². The molecule has 0 bridgehead atoms. The summed E-state index contributed by atoms with van der Waals surface area (Å²) in [5.74, 6) is 0. The molecule has 0 amide bonds. The van der Waals surface area contributed by atoms with Crippen LogP contribution in [0.1, 0.15) is 20.3 Å². The summed E-state index contributed by atoms with van der Waals surface area (Å²) < 4.78 is 59.2. The second kappa shape index (κ2) is 6.67. The molecule has 0 aliphatic heterocycles. The zero-order valence-corrected chi connectivity index (χ0v) is 10.6. The Balaban J connectivity index is -0.000000166. The minimum atomic E-state index is -10.7. The molecule has 0 aromatic rings. The molecule has 0 aromatic carbocycles. The summed E-state index contributed by atoms with van der Waals surface area (Å²) in [6.45, 7) is 4.00. The summed E-state index contributed by atoms with van der Waals surface area (Å²) in [7, 11) is -10.7. The van der Waals surface area contributed by atoms with E-state index in [1.807, 2.05) is 32.4 Å². The molecule has 0 unspecified atom stereocenters. The Morgan fingerprint density at radius 2 is 1.38 bits per heavy atom. The summed E-state index contributed by atoms with van der Waals surface area (Å²) in [6, 6.07) is 0. The van der Waals surface area contributed by atoms with Gasteiger partial charge in [-0.1, -0.05) is 0 Å². The molecule has 99 valence electrons. The topological polar surface area (TPSA) is 0 Å².